The number of fused-ring (bicyclic) bond motifs is 1. The van der Waals surface area contributed by atoms with Gasteiger partial charge in [-0.3, -0.25) is 4.79 Å². The van der Waals surface area contributed by atoms with Crippen LogP contribution in [0.15, 0.2) is 48.5 Å². The van der Waals surface area contributed by atoms with Crippen LogP contribution in [0.4, 0.5) is 0 Å². The SMILES string of the molecule is CCc1ccc(C2CNCCN2C(=O)C2Cc3ccccc32)cc1.Cl. The molecule has 1 aliphatic heterocycles. The minimum absolute atomic E-state index is 0. The number of carbonyl (C=O) groups is 1. The lowest BCUT2D eigenvalue weighted by atomic mass is 9.76. The van der Waals surface area contributed by atoms with Gasteiger partial charge >= 0.3 is 0 Å². The molecule has 1 saturated heterocycles. The summed E-state index contributed by atoms with van der Waals surface area (Å²) < 4.78 is 0. The topological polar surface area (TPSA) is 32.3 Å². The Morgan fingerprint density at radius 3 is 2.64 bits per heavy atom. The van der Waals surface area contributed by atoms with Gasteiger partial charge in [0.15, 0.2) is 0 Å². The number of aryl methyl sites for hydroxylation is 1. The lowest BCUT2D eigenvalue weighted by molar-refractivity contribution is -0.136. The van der Waals surface area contributed by atoms with Gasteiger partial charge in [-0.1, -0.05) is 55.5 Å². The molecule has 2 atom stereocenters. The van der Waals surface area contributed by atoms with E-state index in [0.717, 1.165) is 32.5 Å². The average molecular weight is 357 g/mol. The highest BCUT2D eigenvalue weighted by atomic mass is 35.5. The van der Waals surface area contributed by atoms with Crippen molar-refractivity contribution in [3.05, 3.63) is 70.8 Å². The van der Waals surface area contributed by atoms with E-state index in [1.54, 1.807) is 0 Å². The van der Waals surface area contributed by atoms with E-state index < -0.39 is 0 Å². The van der Waals surface area contributed by atoms with Crippen LogP contribution >= 0.6 is 12.4 Å². The van der Waals surface area contributed by atoms with E-state index in [4.69, 9.17) is 0 Å². The summed E-state index contributed by atoms with van der Waals surface area (Å²) in [5.74, 6) is 0.344. The number of rotatable bonds is 3. The minimum atomic E-state index is 0. The molecule has 0 radical (unpaired) electrons. The number of hydrogen-bond donors (Lipinski definition) is 1. The second-order valence-corrected chi connectivity index (χ2v) is 6.80. The van der Waals surface area contributed by atoms with Gasteiger partial charge in [-0.15, -0.1) is 12.4 Å². The van der Waals surface area contributed by atoms with Gasteiger partial charge in [0.05, 0.1) is 12.0 Å². The van der Waals surface area contributed by atoms with Crippen LogP contribution in [0.3, 0.4) is 0 Å². The molecule has 1 heterocycles. The molecule has 0 aromatic heterocycles. The van der Waals surface area contributed by atoms with Crippen LogP contribution in [0, 0.1) is 0 Å². The Kier molecular flexibility index (Phi) is 5.45. The monoisotopic (exact) mass is 356 g/mol. The maximum atomic E-state index is 13.1. The van der Waals surface area contributed by atoms with E-state index in [-0.39, 0.29) is 24.4 Å². The summed E-state index contributed by atoms with van der Waals surface area (Å²) in [4.78, 5) is 15.2. The predicted octanol–water partition coefficient (Wildman–Crippen LogP) is 3.48. The van der Waals surface area contributed by atoms with Crippen molar-refractivity contribution in [2.24, 2.45) is 0 Å². The van der Waals surface area contributed by atoms with Gasteiger partial charge in [0.2, 0.25) is 5.91 Å². The van der Waals surface area contributed by atoms with E-state index in [2.05, 4.69) is 59.6 Å². The Bertz CT molecular complexity index is 744. The summed E-state index contributed by atoms with van der Waals surface area (Å²) in [5.41, 5.74) is 5.13. The van der Waals surface area contributed by atoms with E-state index >= 15 is 0 Å². The molecule has 2 unspecified atom stereocenters. The molecule has 1 N–H and O–H groups in total. The van der Waals surface area contributed by atoms with Crippen LogP contribution in [0.2, 0.25) is 0 Å². The summed E-state index contributed by atoms with van der Waals surface area (Å²) in [6.45, 7) is 4.67. The van der Waals surface area contributed by atoms with Crippen LogP contribution in [0.5, 0.6) is 0 Å². The van der Waals surface area contributed by atoms with Gasteiger partial charge in [-0.05, 0) is 35.1 Å². The lowest BCUT2D eigenvalue weighted by Gasteiger charge is -2.41. The van der Waals surface area contributed by atoms with E-state index in [1.165, 1.54) is 22.3 Å². The fourth-order valence-electron chi connectivity index (χ4n) is 3.92. The number of carbonyl (C=O) groups excluding carboxylic acids is 1. The van der Waals surface area contributed by atoms with Crippen molar-refractivity contribution in [2.75, 3.05) is 19.6 Å². The summed E-state index contributed by atoms with van der Waals surface area (Å²) in [5, 5.41) is 3.45. The molecule has 1 aliphatic carbocycles. The lowest BCUT2D eigenvalue weighted by Crippen LogP contribution is -2.51. The summed E-state index contributed by atoms with van der Waals surface area (Å²) in [6.07, 6.45) is 1.94. The van der Waals surface area contributed by atoms with Crippen molar-refractivity contribution in [1.82, 2.24) is 10.2 Å². The van der Waals surface area contributed by atoms with Crippen LogP contribution < -0.4 is 5.32 Å². The molecule has 1 amide bonds. The third kappa shape index (κ3) is 3.31. The zero-order valence-corrected chi connectivity index (χ0v) is 15.4. The zero-order valence-electron chi connectivity index (χ0n) is 14.6. The van der Waals surface area contributed by atoms with Crippen molar-refractivity contribution in [2.45, 2.75) is 31.7 Å². The van der Waals surface area contributed by atoms with Crippen LogP contribution in [0.25, 0.3) is 0 Å². The van der Waals surface area contributed by atoms with Crippen molar-refractivity contribution in [3.63, 3.8) is 0 Å². The summed E-state index contributed by atoms with van der Waals surface area (Å²) in [7, 11) is 0. The molecular formula is C21H25ClN2O. The smallest absolute Gasteiger partial charge is 0.231 e. The Morgan fingerprint density at radius 2 is 1.92 bits per heavy atom. The first-order valence-corrected chi connectivity index (χ1v) is 8.95. The first kappa shape index (κ1) is 18.0. The van der Waals surface area contributed by atoms with E-state index in [0.29, 0.717) is 5.91 Å². The molecule has 4 heteroatoms. The normalized spacial score (nSPS) is 21.7. The van der Waals surface area contributed by atoms with Crippen molar-refractivity contribution in [3.8, 4) is 0 Å². The largest absolute Gasteiger partial charge is 0.333 e. The second-order valence-electron chi connectivity index (χ2n) is 6.80. The number of amides is 1. The molecule has 4 rings (SSSR count). The first-order valence-electron chi connectivity index (χ1n) is 8.95. The highest BCUT2D eigenvalue weighted by molar-refractivity contribution is 5.87. The number of nitrogens with zero attached hydrogens (tertiary/aromatic N) is 1. The molecule has 2 aromatic rings. The van der Waals surface area contributed by atoms with Crippen LogP contribution in [-0.2, 0) is 17.6 Å². The third-order valence-electron chi connectivity index (χ3n) is 5.45. The van der Waals surface area contributed by atoms with Gasteiger partial charge in [-0.25, -0.2) is 0 Å². The first-order chi connectivity index (χ1) is 11.8. The minimum Gasteiger partial charge on any atom is -0.333 e. The van der Waals surface area contributed by atoms with Crippen molar-refractivity contribution in [1.29, 1.82) is 0 Å². The average Bonchev–Trinajstić information content (AvgIpc) is 2.63. The zero-order chi connectivity index (χ0) is 16.5. The predicted molar refractivity (Wildman–Crippen MR) is 103 cm³/mol. The van der Waals surface area contributed by atoms with Gasteiger partial charge < -0.3 is 10.2 Å². The fourth-order valence-corrected chi connectivity index (χ4v) is 3.92. The summed E-state index contributed by atoms with van der Waals surface area (Å²) in [6, 6.07) is 17.2. The molecule has 0 spiro atoms. The fraction of sp³-hybridized carbons (Fsp3) is 0.381. The van der Waals surface area contributed by atoms with Crippen LogP contribution in [-0.4, -0.2) is 30.4 Å². The highest BCUT2D eigenvalue weighted by Gasteiger charge is 2.38. The van der Waals surface area contributed by atoms with Gasteiger partial charge in [0.1, 0.15) is 0 Å². The second kappa shape index (κ2) is 7.59. The third-order valence-corrected chi connectivity index (χ3v) is 5.45. The van der Waals surface area contributed by atoms with Gasteiger partial charge in [0, 0.05) is 19.6 Å². The molecule has 2 aliphatic rings. The number of hydrogen-bond acceptors (Lipinski definition) is 2. The molecule has 2 aromatic carbocycles. The van der Waals surface area contributed by atoms with Crippen molar-refractivity contribution >= 4 is 18.3 Å². The Hall–Kier alpha value is -1.84. The molecule has 25 heavy (non-hydrogen) atoms. The molecule has 1 fully saturated rings. The van der Waals surface area contributed by atoms with Gasteiger partial charge in [-0.2, -0.15) is 0 Å². The maximum Gasteiger partial charge on any atom is 0.231 e. The number of benzene rings is 2. The number of piperazine rings is 1. The molecule has 0 bridgehead atoms. The number of halogens is 1. The molecular weight excluding hydrogens is 332 g/mol. The standard InChI is InChI=1S/C21H24N2O.ClH/c1-2-15-7-9-16(10-8-15)20-14-22-11-12-23(20)21(24)19-13-17-5-3-4-6-18(17)19;/h3-10,19-20,22H,2,11-14H2,1H3;1H. The van der Waals surface area contributed by atoms with E-state index in [9.17, 15) is 4.79 Å². The highest BCUT2D eigenvalue weighted by Crippen LogP contribution is 2.38. The van der Waals surface area contributed by atoms with E-state index in [1.807, 2.05) is 6.07 Å². The molecule has 0 saturated carbocycles. The van der Waals surface area contributed by atoms with Crippen LogP contribution in [0.1, 0.15) is 41.1 Å². The maximum absolute atomic E-state index is 13.1. The molecule has 3 nitrogen and oxygen atoms in total. The Morgan fingerprint density at radius 1 is 1.16 bits per heavy atom. The molecule has 132 valence electrons. The summed E-state index contributed by atoms with van der Waals surface area (Å²) >= 11 is 0. The number of nitrogens with one attached hydrogen (secondary N) is 1. The van der Waals surface area contributed by atoms with Crippen molar-refractivity contribution < 1.29 is 4.79 Å². The Labute approximate surface area is 155 Å². The Balaban J connectivity index is 0.00000182. The quantitative estimate of drug-likeness (QED) is 0.913. The van der Waals surface area contributed by atoms with Gasteiger partial charge in [0.25, 0.3) is 0 Å².